The molecule has 1 saturated heterocycles. The monoisotopic (exact) mass is 274 g/mol. The molecule has 0 radical (unpaired) electrons. The van der Waals surface area contributed by atoms with Crippen LogP contribution in [0.15, 0.2) is 18.2 Å². The minimum absolute atomic E-state index is 0.671. The fraction of sp³-hybridized carbons (Fsp3) is 0.647. The maximum absolute atomic E-state index is 5.60. The van der Waals surface area contributed by atoms with Gasteiger partial charge in [0.1, 0.15) is 5.75 Å². The standard InChI is InChI=1S/C17H26N2O/c1-3-4-10-18-11-12-19-15(13-18)9-8-14-6-5-7-16(20-2)17(14)19/h5-7,15H,3-4,8-13H2,1-2H3. The number of aryl methyl sites for hydroxylation is 1. The molecule has 0 aliphatic carbocycles. The average Bonchev–Trinajstić information content (AvgIpc) is 2.51. The number of rotatable bonds is 4. The highest BCUT2D eigenvalue weighted by molar-refractivity contribution is 5.66. The summed E-state index contributed by atoms with van der Waals surface area (Å²) in [4.78, 5) is 5.24. The molecular weight excluding hydrogens is 248 g/mol. The Morgan fingerprint density at radius 2 is 2.20 bits per heavy atom. The Bertz CT molecular complexity index is 446. The van der Waals surface area contributed by atoms with Gasteiger partial charge in [-0.3, -0.25) is 4.90 Å². The molecule has 1 aromatic carbocycles. The lowest BCUT2D eigenvalue weighted by atomic mass is 9.93. The zero-order valence-electron chi connectivity index (χ0n) is 12.8. The summed E-state index contributed by atoms with van der Waals surface area (Å²) in [6.45, 7) is 7.09. The van der Waals surface area contributed by atoms with Crippen molar-refractivity contribution in [3.05, 3.63) is 23.8 Å². The Morgan fingerprint density at radius 1 is 1.30 bits per heavy atom. The Morgan fingerprint density at radius 3 is 3.00 bits per heavy atom. The summed E-state index contributed by atoms with van der Waals surface area (Å²) in [5, 5.41) is 0. The van der Waals surface area contributed by atoms with Crippen LogP contribution in [0.2, 0.25) is 0 Å². The van der Waals surface area contributed by atoms with Crippen molar-refractivity contribution >= 4 is 5.69 Å². The first kappa shape index (κ1) is 13.7. The van der Waals surface area contributed by atoms with Gasteiger partial charge in [-0.2, -0.15) is 0 Å². The van der Waals surface area contributed by atoms with Crippen LogP contribution in [0.4, 0.5) is 5.69 Å². The third-order valence-electron chi connectivity index (χ3n) is 4.73. The number of hydrogen-bond donors (Lipinski definition) is 0. The Kier molecular flexibility index (Phi) is 4.16. The summed E-state index contributed by atoms with van der Waals surface area (Å²) in [7, 11) is 1.79. The van der Waals surface area contributed by atoms with Crippen LogP contribution in [0.25, 0.3) is 0 Å². The van der Waals surface area contributed by atoms with Gasteiger partial charge in [0.25, 0.3) is 0 Å². The molecule has 3 rings (SSSR count). The molecule has 0 amide bonds. The van der Waals surface area contributed by atoms with Gasteiger partial charge in [-0.05, 0) is 37.4 Å². The van der Waals surface area contributed by atoms with Crippen molar-refractivity contribution in [2.24, 2.45) is 0 Å². The highest BCUT2D eigenvalue weighted by Gasteiger charge is 2.33. The molecule has 0 N–H and O–H groups in total. The molecular formula is C17H26N2O. The number of methoxy groups -OCH3 is 1. The summed E-state index contributed by atoms with van der Waals surface area (Å²) in [5.41, 5.74) is 2.82. The first-order valence-electron chi connectivity index (χ1n) is 7.98. The Hall–Kier alpha value is -1.22. The van der Waals surface area contributed by atoms with Crippen LogP contribution in [-0.4, -0.2) is 44.2 Å². The number of unbranched alkanes of at least 4 members (excludes halogenated alkanes) is 1. The molecule has 1 aromatic rings. The minimum Gasteiger partial charge on any atom is -0.495 e. The second kappa shape index (κ2) is 6.04. The van der Waals surface area contributed by atoms with Gasteiger partial charge in [-0.15, -0.1) is 0 Å². The number of nitrogens with zero attached hydrogens (tertiary/aromatic N) is 2. The smallest absolute Gasteiger partial charge is 0.142 e. The first-order valence-corrected chi connectivity index (χ1v) is 7.98. The van der Waals surface area contributed by atoms with Crippen molar-refractivity contribution in [2.45, 2.75) is 38.6 Å². The SMILES string of the molecule is CCCCN1CCN2c3c(cccc3OC)CCC2C1. The molecule has 110 valence electrons. The van der Waals surface area contributed by atoms with Crippen molar-refractivity contribution in [3.63, 3.8) is 0 Å². The van der Waals surface area contributed by atoms with E-state index in [1.54, 1.807) is 7.11 Å². The number of para-hydroxylation sites is 1. The van der Waals surface area contributed by atoms with Crippen LogP contribution in [-0.2, 0) is 6.42 Å². The second-order valence-corrected chi connectivity index (χ2v) is 6.01. The number of fused-ring (bicyclic) bond motifs is 3. The van der Waals surface area contributed by atoms with E-state index in [9.17, 15) is 0 Å². The number of hydrogen-bond acceptors (Lipinski definition) is 3. The van der Waals surface area contributed by atoms with E-state index in [0.29, 0.717) is 6.04 Å². The third kappa shape index (κ3) is 2.51. The van der Waals surface area contributed by atoms with Gasteiger partial charge in [-0.25, -0.2) is 0 Å². The normalized spacial score (nSPS) is 22.3. The molecule has 2 aliphatic heterocycles. The van der Waals surface area contributed by atoms with E-state index in [0.717, 1.165) is 12.3 Å². The van der Waals surface area contributed by atoms with Gasteiger partial charge < -0.3 is 9.64 Å². The quantitative estimate of drug-likeness (QED) is 0.839. The van der Waals surface area contributed by atoms with Gasteiger partial charge in [0.05, 0.1) is 12.8 Å². The summed E-state index contributed by atoms with van der Waals surface area (Å²) in [5.74, 6) is 1.05. The fourth-order valence-electron chi connectivity index (χ4n) is 3.63. The molecule has 1 fully saturated rings. The molecule has 1 unspecified atom stereocenters. The van der Waals surface area contributed by atoms with E-state index < -0.39 is 0 Å². The highest BCUT2D eigenvalue weighted by Crippen LogP contribution is 2.39. The molecule has 20 heavy (non-hydrogen) atoms. The maximum Gasteiger partial charge on any atom is 0.142 e. The van der Waals surface area contributed by atoms with Crippen LogP contribution in [0.3, 0.4) is 0 Å². The van der Waals surface area contributed by atoms with Gasteiger partial charge in [0, 0.05) is 25.7 Å². The van der Waals surface area contributed by atoms with Crippen molar-refractivity contribution in [2.75, 3.05) is 38.2 Å². The molecule has 3 nitrogen and oxygen atoms in total. The zero-order chi connectivity index (χ0) is 13.9. The molecule has 3 heteroatoms. The largest absolute Gasteiger partial charge is 0.495 e. The van der Waals surface area contributed by atoms with E-state index in [2.05, 4.69) is 34.9 Å². The van der Waals surface area contributed by atoms with Crippen LogP contribution in [0.5, 0.6) is 5.75 Å². The summed E-state index contributed by atoms with van der Waals surface area (Å²) in [6, 6.07) is 7.15. The zero-order valence-corrected chi connectivity index (χ0v) is 12.8. The van der Waals surface area contributed by atoms with Crippen LogP contribution in [0, 0.1) is 0 Å². The predicted octanol–water partition coefficient (Wildman–Crippen LogP) is 2.93. The topological polar surface area (TPSA) is 15.7 Å². The van der Waals surface area contributed by atoms with Gasteiger partial charge in [0.15, 0.2) is 0 Å². The van der Waals surface area contributed by atoms with E-state index in [-0.39, 0.29) is 0 Å². The van der Waals surface area contributed by atoms with E-state index in [4.69, 9.17) is 4.74 Å². The fourth-order valence-corrected chi connectivity index (χ4v) is 3.63. The molecule has 0 bridgehead atoms. The minimum atomic E-state index is 0.671. The lowest BCUT2D eigenvalue weighted by molar-refractivity contribution is 0.210. The molecule has 2 heterocycles. The van der Waals surface area contributed by atoms with Crippen molar-refractivity contribution in [1.82, 2.24) is 4.90 Å². The van der Waals surface area contributed by atoms with E-state index >= 15 is 0 Å². The number of ether oxygens (including phenoxy) is 1. The number of anilines is 1. The lowest BCUT2D eigenvalue weighted by Gasteiger charge is -2.46. The summed E-state index contributed by atoms with van der Waals surface area (Å²) in [6.07, 6.45) is 5.09. The van der Waals surface area contributed by atoms with E-state index in [1.165, 1.54) is 56.6 Å². The number of piperazine rings is 1. The Balaban J connectivity index is 1.78. The second-order valence-electron chi connectivity index (χ2n) is 6.01. The number of benzene rings is 1. The maximum atomic E-state index is 5.60. The molecule has 2 aliphatic rings. The van der Waals surface area contributed by atoms with Crippen molar-refractivity contribution in [1.29, 1.82) is 0 Å². The third-order valence-corrected chi connectivity index (χ3v) is 4.73. The Labute approximate surface area is 122 Å². The van der Waals surface area contributed by atoms with Crippen LogP contribution < -0.4 is 9.64 Å². The van der Waals surface area contributed by atoms with Gasteiger partial charge in [-0.1, -0.05) is 25.5 Å². The van der Waals surface area contributed by atoms with Crippen LogP contribution in [0.1, 0.15) is 31.7 Å². The highest BCUT2D eigenvalue weighted by atomic mass is 16.5. The molecule has 0 spiro atoms. The first-order chi connectivity index (χ1) is 9.83. The summed E-state index contributed by atoms with van der Waals surface area (Å²) < 4.78 is 5.60. The van der Waals surface area contributed by atoms with Gasteiger partial charge in [0.2, 0.25) is 0 Å². The van der Waals surface area contributed by atoms with Crippen LogP contribution >= 0.6 is 0 Å². The van der Waals surface area contributed by atoms with Crippen molar-refractivity contribution < 1.29 is 4.74 Å². The van der Waals surface area contributed by atoms with Crippen molar-refractivity contribution in [3.8, 4) is 5.75 Å². The predicted molar refractivity (Wildman–Crippen MR) is 83.8 cm³/mol. The average molecular weight is 274 g/mol. The molecule has 0 aromatic heterocycles. The van der Waals surface area contributed by atoms with Gasteiger partial charge >= 0.3 is 0 Å². The lowest BCUT2D eigenvalue weighted by Crippen LogP contribution is -2.55. The summed E-state index contributed by atoms with van der Waals surface area (Å²) >= 11 is 0. The van der Waals surface area contributed by atoms with E-state index in [1.807, 2.05) is 0 Å². The molecule has 1 atom stereocenters. The molecule has 0 saturated carbocycles.